The molecule has 5 nitrogen and oxygen atoms in total. The van der Waals surface area contributed by atoms with Gasteiger partial charge in [0.2, 0.25) is 10.0 Å². The number of phenols is 1. The maximum absolute atomic E-state index is 11.9. The van der Waals surface area contributed by atoms with Crippen molar-refractivity contribution in [1.29, 1.82) is 0 Å². The van der Waals surface area contributed by atoms with Crippen LogP contribution in [0.3, 0.4) is 0 Å². The minimum atomic E-state index is -3.56. The van der Waals surface area contributed by atoms with Gasteiger partial charge < -0.3 is 9.84 Å². The Bertz CT molecular complexity index is 503. The van der Waals surface area contributed by atoms with Gasteiger partial charge in [-0.15, -0.1) is 0 Å². The van der Waals surface area contributed by atoms with Gasteiger partial charge in [0.05, 0.1) is 17.5 Å². The standard InChI is InChI=1S/C11H17NO4S/c1-11(2,3)17(14,15)12-9-7-8(16-4)5-6-10(9)13/h5-7,12-13H,1-4H3. The predicted octanol–water partition coefficient (Wildman–Crippen LogP) is 1.94. The van der Waals surface area contributed by atoms with Crippen LogP contribution in [-0.2, 0) is 10.0 Å². The first kappa shape index (κ1) is 13.6. The van der Waals surface area contributed by atoms with E-state index < -0.39 is 14.8 Å². The highest BCUT2D eigenvalue weighted by Crippen LogP contribution is 2.30. The molecular weight excluding hydrogens is 242 g/mol. The summed E-state index contributed by atoms with van der Waals surface area (Å²) in [6.45, 7) is 4.73. The van der Waals surface area contributed by atoms with Crippen LogP contribution in [0.25, 0.3) is 0 Å². The van der Waals surface area contributed by atoms with Crippen LogP contribution in [0.1, 0.15) is 20.8 Å². The van der Waals surface area contributed by atoms with Crippen molar-refractivity contribution >= 4 is 15.7 Å². The summed E-state index contributed by atoms with van der Waals surface area (Å²) in [5, 5.41) is 9.58. The Hall–Kier alpha value is -1.43. The van der Waals surface area contributed by atoms with Crippen molar-refractivity contribution in [2.24, 2.45) is 0 Å². The number of nitrogens with one attached hydrogen (secondary N) is 1. The Balaban J connectivity index is 3.12. The lowest BCUT2D eigenvalue weighted by Gasteiger charge is -2.21. The summed E-state index contributed by atoms with van der Waals surface area (Å²) in [7, 11) is -2.10. The van der Waals surface area contributed by atoms with Crippen LogP contribution in [-0.4, -0.2) is 25.4 Å². The van der Waals surface area contributed by atoms with Gasteiger partial charge in [-0.1, -0.05) is 0 Å². The first-order valence-electron chi connectivity index (χ1n) is 5.07. The van der Waals surface area contributed by atoms with E-state index in [1.54, 1.807) is 26.8 Å². The van der Waals surface area contributed by atoms with E-state index in [1.807, 2.05) is 0 Å². The number of hydrogen-bond donors (Lipinski definition) is 2. The summed E-state index contributed by atoms with van der Waals surface area (Å²) in [5.41, 5.74) is 0.110. The molecule has 1 aromatic carbocycles. The van der Waals surface area contributed by atoms with Crippen LogP contribution < -0.4 is 9.46 Å². The van der Waals surface area contributed by atoms with Crippen LogP contribution in [0.2, 0.25) is 0 Å². The molecule has 0 fully saturated rings. The molecule has 0 aliphatic rings. The molecule has 0 aliphatic carbocycles. The van der Waals surface area contributed by atoms with Crippen molar-refractivity contribution in [3.8, 4) is 11.5 Å². The quantitative estimate of drug-likeness (QED) is 0.813. The molecule has 0 radical (unpaired) electrons. The Labute approximate surface area is 101 Å². The lowest BCUT2D eigenvalue weighted by Crippen LogP contribution is -2.33. The number of hydrogen-bond acceptors (Lipinski definition) is 4. The number of anilines is 1. The highest BCUT2D eigenvalue weighted by atomic mass is 32.2. The molecule has 17 heavy (non-hydrogen) atoms. The Morgan fingerprint density at radius 1 is 1.29 bits per heavy atom. The summed E-state index contributed by atoms with van der Waals surface area (Å²) in [6, 6.07) is 4.35. The number of sulfonamides is 1. The number of methoxy groups -OCH3 is 1. The number of aromatic hydroxyl groups is 1. The van der Waals surface area contributed by atoms with E-state index in [-0.39, 0.29) is 11.4 Å². The van der Waals surface area contributed by atoms with Crippen LogP contribution >= 0.6 is 0 Å². The minimum absolute atomic E-state index is 0.110. The third-order valence-corrected chi connectivity index (χ3v) is 4.36. The van der Waals surface area contributed by atoms with Gasteiger partial charge in [0.15, 0.2) is 0 Å². The first-order chi connectivity index (χ1) is 7.67. The second kappa shape index (κ2) is 4.44. The third-order valence-electron chi connectivity index (χ3n) is 2.25. The van der Waals surface area contributed by atoms with Crippen molar-refractivity contribution < 1.29 is 18.3 Å². The van der Waals surface area contributed by atoms with Gasteiger partial charge in [-0.25, -0.2) is 8.42 Å². The van der Waals surface area contributed by atoms with Gasteiger partial charge in [-0.05, 0) is 32.9 Å². The van der Waals surface area contributed by atoms with E-state index in [2.05, 4.69) is 4.72 Å². The maximum Gasteiger partial charge on any atom is 0.237 e. The molecule has 2 N–H and O–H groups in total. The molecule has 0 saturated carbocycles. The fourth-order valence-electron chi connectivity index (χ4n) is 1.02. The number of ether oxygens (including phenoxy) is 1. The average Bonchev–Trinajstić information content (AvgIpc) is 2.19. The first-order valence-corrected chi connectivity index (χ1v) is 6.55. The van der Waals surface area contributed by atoms with E-state index in [9.17, 15) is 13.5 Å². The molecule has 0 saturated heterocycles. The van der Waals surface area contributed by atoms with Crippen molar-refractivity contribution in [2.45, 2.75) is 25.5 Å². The number of phenolic OH excluding ortho intramolecular Hbond substituents is 1. The molecule has 0 heterocycles. The van der Waals surface area contributed by atoms with Crippen LogP contribution in [0.4, 0.5) is 5.69 Å². The smallest absolute Gasteiger partial charge is 0.237 e. The summed E-state index contributed by atoms with van der Waals surface area (Å²) in [4.78, 5) is 0. The Morgan fingerprint density at radius 3 is 2.35 bits per heavy atom. The van der Waals surface area contributed by atoms with Crippen molar-refractivity contribution in [3.05, 3.63) is 18.2 Å². The largest absolute Gasteiger partial charge is 0.506 e. The molecule has 0 aromatic heterocycles. The van der Waals surface area contributed by atoms with Gasteiger partial charge in [0.25, 0.3) is 0 Å². The molecule has 6 heteroatoms. The lowest BCUT2D eigenvalue weighted by atomic mass is 10.3. The average molecular weight is 259 g/mol. The number of rotatable bonds is 3. The van der Waals surface area contributed by atoms with Gasteiger partial charge in [-0.3, -0.25) is 4.72 Å². The molecule has 0 spiro atoms. The minimum Gasteiger partial charge on any atom is -0.506 e. The predicted molar refractivity (Wildman–Crippen MR) is 67.0 cm³/mol. The van der Waals surface area contributed by atoms with Crippen molar-refractivity contribution in [2.75, 3.05) is 11.8 Å². The monoisotopic (exact) mass is 259 g/mol. The van der Waals surface area contributed by atoms with Gasteiger partial charge >= 0.3 is 0 Å². The Kier molecular flexibility index (Phi) is 3.56. The molecule has 0 bridgehead atoms. The zero-order valence-electron chi connectivity index (χ0n) is 10.3. The lowest BCUT2D eigenvalue weighted by molar-refractivity contribution is 0.413. The molecule has 96 valence electrons. The summed E-state index contributed by atoms with van der Waals surface area (Å²) < 4.78 is 30.2. The molecule has 1 rings (SSSR count). The third kappa shape index (κ3) is 3.03. The molecule has 0 amide bonds. The molecule has 1 aromatic rings. The van der Waals surface area contributed by atoms with E-state index in [0.29, 0.717) is 5.75 Å². The second-order valence-corrected chi connectivity index (χ2v) is 7.04. The highest BCUT2D eigenvalue weighted by Gasteiger charge is 2.29. The highest BCUT2D eigenvalue weighted by molar-refractivity contribution is 7.94. The molecule has 0 atom stereocenters. The fraction of sp³-hybridized carbons (Fsp3) is 0.455. The van der Waals surface area contributed by atoms with E-state index in [0.717, 1.165) is 0 Å². The maximum atomic E-state index is 11.9. The summed E-state index contributed by atoms with van der Waals surface area (Å²) in [6.07, 6.45) is 0. The van der Waals surface area contributed by atoms with Gasteiger partial charge in [0, 0.05) is 6.07 Å². The van der Waals surface area contributed by atoms with Crippen molar-refractivity contribution in [1.82, 2.24) is 0 Å². The van der Waals surface area contributed by atoms with Crippen molar-refractivity contribution in [3.63, 3.8) is 0 Å². The van der Waals surface area contributed by atoms with Crippen LogP contribution in [0.5, 0.6) is 11.5 Å². The van der Waals surface area contributed by atoms with E-state index in [1.165, 1.54) is 19.2 Å². The van der Waals surface area contributed by atoms with Crippen LogP contribution in [0.15, 0.2) is 18.2 Å². The zero-order chi connectivity index (χ0) is 13.3. The summed E-state index contributed by atoms with van der Waals surface area (Å²) in [5.74, 6) is 0.327. The van der Waals surface area contributed by atoms with Crippen LogP contribution in [0, 0.1) is 0 Å². The molecular formula is C11H17NO4S. The summed E-state index contributed by atoms with van der Waals surface area (Å²) >= 11 is 0. The zero-order valence-corrected chi connectivity index (χ0v) is 11.1. The molecule has 0 aliphatic heterocycles. The second-order valence-electron chi connectivity index (χ2n) is 4.60. The van der Waals surface area contributed by atoms with Gasteiger partial charge in [0.1, 0.15) is 11.5 Å². The fourth-order valence-corrected chi connectivity index (χ4v) is 1.78. The Morgan fingerprint density at radius 2 is 1.88 bits per heavy atom. The SMILES string of the molecule is COc1ccc(O)c(NS(=O)(=O)C(C)(C)C)c1. The number of benzene rings is 1. The topological polar surface area (TPSA) is 75.6 Å². The van der Waals surface area contributed by atoms with E-state index >= 15 is 0 Å². The molecule has 0 unspecified atom stereocenters. The van der Waals surface area contributed by atoms with Gasteiger partial charge in [-0.2, -0.15) is 0 Å². The van der Waals surface area contributed by atoms with E-state index in [4.69, 9.17) is 4.74 Å². The normalized spacial score (nSPS) is 12.2.